The highest BCUT2D eigenvalue weighted by Gasteiger charge is 2.36. The van der Waals surface area contributed by atoms with E-state index in [0.29, 0.717) is 0 Å². The Balaban J connectivity index is 0.00000136. The molecule has 0 N–H and O–H groups in total. The zero-order valence-electron chi connectivity index (χ0n) is 34.8. The molecule has 0 fully saturated rings. The highest BCUT2D eigenvalue weighted by atomic mass is 14.8. The second-order valence-electron chi connectivity index (χ2n) is 17.3. The summed E-state index contributed by atoms with van der Waals surface area (Å²) in [5, 5.41) is 2.19. The maximum Gasteiger partial charge on any atom is 0.0978 e. The molecular weight excluding hydrogens is 713 g/mol. The van der Waals surface area contributed by atoms with Gasteiger partial charge in [-0.25, -0.2) is 9.97 Å². The summed E-state index contributed by atoms with van der Waals surface area (Å²) in [4.78, 5) is 11.2. The minimum absolute atomic E-state index is 0.111. The van der Waals surface area contributed by atoms with E-state index in [2.05, 4.69) is 211 Å². The number of aromatic nitrogens is 2. The molecule has 0 bridgehead atoms. The fraction of sp³-hybridized carbons (Fsp3) is 0.158. The number of hydrogen-bond acceptors (Lipinski definition) is 2. The van der Waals surface area contributed by atoms with E-state index in [0.717, 1.165) is 66.6 Å². The molecule has 2 aliphatic rings. The molecule has 0 saturated heterocycles. The maximum atomic E-state index is 5.60. The SMILES string of the molecule is CC1(C)c2ccccc2-c2ccc(-c3cc(-c4ccccc4)c4ccc5c(-c6ccccc6)cc(-c6ccc7c(c6)C(C)(C)c6ccccc6-7)nc5c4n3)cc21.CCC. The summed E-state index contributed by atoms with van der Waals surface area (Å²) < 4.78 is 0. The summed E-state index contributed by atoms with van der Waals surface area (Å²) in [7, 11) is 0. The van der Waals surface area contributed by atoms with Crippen LogP contribution in [0.5, 0.6) is 0 Å². The molecule has 7 aromatic carbocycles. The molecule has 0 unspecified atom stereocenters. The maximum absolute atomic E-state index is 5.60. The van der Waals surface area contributed by atoms with Crippen LogP contribution in [0.15, 0.2) is 170 Å². The van der Waals surface area contributed by atoms with Crippen molar-refractivity contribution >= 4 is 21.8 Å². The van der Waals surface area contributed by atoms with E-state index in [-0.39, 0.29) is 10.8 Å². The minimum Gasteiger partial charge on any atom is -0.245 e. The lowest BCUT2D eigenvalue weighted by molar-refractivity contribution is 0.660. The lowest BCUT2D eigenvalue weighted by atomic mass is 9.81. The number of hydrogen-bond donors (Lipinski definition) is 0. The molecule has 2 heterocycles. The highest BCUT2D eigenvalue weighted by Crippen LogP contribution is 2.51. The van der Waals surface area contributed by atoms with Crippen LogP contribution in [-0.4, -0.2) is 9.97 Å². The van der Waals surface area contributed by atoms with Gasteiger partial charge in [0.25, 0.3) is 0 Å². The first-order chi connectivity index (χ1) is 28.7. The van der Waals surface area contributed by atoms with Gasteiger partial charge < -0.3 is 0 Å². The zero-order chi connectivity index (χ0) is 40.5. The Labute approximate surface area is 348 Å². The molecule has 2 nitrogen and oxygen atoms in total. The van der Waals surface area contributed by atoms with Gasteiger partial charge in [0, 0.05) is 32.7 Å². The molecule has 9 aromatic rings. The molecule has 2 aromatic heterocycles. The normalized spacial score (nSPS) is 13.9. The average Bonchev–Trinajstić information content (AvgIpc) is 3.65. The van der Waals surface area contributed by atoms with Crippen LogP contribution < -0.4 is 0 Å². The van der Waals surface area contributed by atoms with Crippen molar-refractivity contribution < 1.29 is 0 Å². The molecule has 0 radical (unpaired) electrons. The summed E-state index contributed by atoms with van der Waals surface area (Å²) in [5.41, 5.74) is 21.0. The van der Waals surface area contributed by atoms with Gasteiger partial charge in [0.2, 0.25) is 0 Å². The largest absolute Gasteiger partial charge is 0.245 e. The Morgan fingerprint density at radius 3 is 1.10 bits per heavy atom. The van der Waals surface area contributed by atoms with Crippen molar-refractivity contribution in [3.8, 4) is 67.0 Å². The van der Waals surface area contributed by atoms with E-state index in [4.69, 9.17) is 9.97 Å². The van der Waals surface area contributed by atoms with Gasteiger partial charge in [0.05, 0.1) is 22.4 Å². The van der Waals surface area contributed by atoms with Gasteiger partial charge in [-0.15, -0.1) is 0 Å². The fourth-order valence-electron chi connectivity index (χ4n) is 9.71. The van der Waals surface area contributed by atoms with E-state index in [9.17, 15) is 0 Å². The van der Waals surface area contributed by atoms with Crippen LogP contribution in [0.1, 0.15) is 70.2 Å². The van der Waals surface area contributed by atoms with Crippen molar-refractivity contribution in [1.29, 1.82) is 0 Å². The first-order valence-electron chi connectivity index (χ1n) is 21.1. The predicted octanol–water partition coefficient (Wildman–Crippen LogP) is 15.5. The lowest BCUT2D eigenvalue weighted by Gasteiger charge is -2.22. The Morgan fingerprint density at radius 2 is 0.695 bits per heavy atom. The standard InChI is InChI=1S/C54H40N2.C3H8/c1-53(2)45-21-13-11-19-37(45)39-25-23-35(29-47(39)53)49-31-43(33-15-7-5-8-16-33)41-27-28-42-44(34-17-9-6-10-18-34)32-50(56-52(42)51(41)55-49)36-24-26-40-38-20-12-14-22-46(38)54(3,4)48(40)30-36;1-3-2/h5-32H,1-4H3;3H2,1-2H3. The monoisotopic (exact) mass is 760 g/mol. The van der Waals surface area contributed by atoms with Crippen LogP contribution in [0.4, 0.5) is 0 Å². The van der Waals surface area contributed by atoms with Crippen LogP contribution in [0.3, 0.4) is 0 Å². The van der Waals surface area contributed by atoms with Crippen molar-refractivity contribution in [2.75, 3.05) is 0 Å². The molecular formula is C57H48N2. The van der Waals surface area contributed by atoms with E-state index in [1.165, 1.54) is 50.9 Å². The molecule has 0 spiro atoms. The number of rotatable bonds is 4. The van der Waals surface area contributed by atoms with Crippen molar-refractivity contribution in [3.63, 3.8) is 0 Å². The summed E-state index contributed by atoms with van der Waals surface area (Å²) in [6, 6.07) is 62.0. The Kier molecular flexibility index (Phi) is 8.72. The van der Waals surface area contributed by atoms with Gasteiger partial charge in [0.1, 0.15) is 0 Å². The van der Waals surface area contributed by atoms with Gasteiger partial charge in [0.15, 0.2) is 0 Å². The smallest absolute Gasteiger partial charge is 0.0978 e. The summed E-state index contributed by atoms with van der Waals surface area (Å²) in [5.74, 6) is 0. The van der Waals surface area contributed by atoms with E-state index in [1.54, 1.807) is 0 Å². The number of fused-ring (bicyclic) bond motifs is 9. The molecule has 286 valence electrons. The Bertz CT molecular complexity index is 2870. The van der Waals surface area contributed by atoms with E-state index < -0.39 is 0 Å². The number of pyridine rings is 2. The van der Waals surface area contributed by atoms with Gasteiger partial charge in [-0.2, -0.15) is 0 Å². The predicted molar refractivity (Wildman–Crippen MR) is 250 cm³/mol. The topological polar surface area (TPSA) is 25.8 Å². The number of nitrogens with zero attached hydrogens (tertiary/aromatic N) is 2. The molecule has 0 saturated carbocycles. The van der Waals surface area contributed by atoms with Gasteiger partial charge in [-0.1, -0.05) is 194 Å². The van der Waals surface area contributed by atoms with Crippen molar-refractivity contribution in [2.45, 2.75) is 58.8 Å². The third-order valence-corrected chi connectivity index (χ3v) is 12.7. The zero-order valence-corrected chi connectivity index (χ0v) is 34.8. The quantitative estimate of drug-likeness (QED) is 0.167. The van der Waals surface area contributed by atoms with Crippen molar-refractivity contribution in [2.24, 2.45) is 0 Å². The molecule has 0 atom stereocenters. The van der Waals surface area contributed by atoms with Gasteiger partial charge in [-0.05, 0) is 91.0 Å². The second kappa shape index (κ2) is 14.0. The van der Waals surface area contributed by atoms with Crippen LogP contribution in [0, 0.1) is 0 Å². The summed E-state index contributed by atoms with van der Waals surface area (Å²) >= 11 is 0. The first kappa shape index (κ1) is 36.7. The van der Waals surface area contributed by atoms with E-state index >= 15 is 0 Å². The molecule has 2 heteroatoms. The Hall–Kier alpha value is -6.64. The highest BCUT2D eigenvalue weighted by molar-refractivity contribution is 6.13. The Morgan fingerprint density at radius 1 is 0.339 bits per heavy atom. The molecule has 2 aliphatic carbocycles. The third-order valence-electron chi connectivity index (χ3n) is 12.7. The third kappa shape index (κ3) is 5.84. The molecule has 11 rings (SSSR count). The lowest BCUT2D eigenvalue weighted by Crippen LogP contribution is -2.15. The summed E-state index contributed by atoms with van der Waals surface area (Å²) in [6.07, 6.45) is 1.25. The molecule has 59 heavy (non-hydrogen) atoms. The summed E-state index contributed by atoms with van der Waals surface area (Å²) in [6.45, 7) is 13.6. The van der Waals surface area contributed by atoms with Gasteiger partial charge >= 0.3 is 0 Å². The van der Waals surface area contributed by atoms with Crippen LogP contribution in [-0.2, 0) is 10.8 Å². The van der Waals surface area contributed by atoms with Crippen molar-refractivity contribution in [1.82, 2.24) is 9.97 Å². The van der Waals surface area contributed by atoms with Crippen molar-refractivity contribution in [3.05, 3.63) is 192 Å². The fourth-order valence-corrected chi connectivity index (χ4v) is 9.71. The van der Waals surface area contributed by atoms with E-state index in [1.807, 2.05) is 0 Å². The van der Waals surface area contributed by atoms with Crippen LogP contribution in [0.2, 0.25) is 0 Å². The molecule has 0 aliphatic heterocycles. The van der Waals surface area contributed by atoms with Crippen LogP contribution >= 0.6 is 0 Å². The average molecular weight is 761 g/mol. The number of benzene rings is 7. The van der Waals surface area contributed by atoms with Crippen LogP contribution in [0.25, 0.3) is 88.8 Å². The second-order valence-corrected chi connectivity index (χ2v) is 17.3. The molecule has 0 amide bonds. The first-order valence-corrected chi connectivity index (χ1v) is 21.1. The van der Waals surface area contributed by atoms with Gasteiger partial charge in [-0.3, -0.25) is 0 Å². The minimum atomic E-state index is -0.111.